The van der Waals surface area contributed by atoms with Crippen LogP contribution in [0.5, 0.6) is 5.75 Å². The summed E-state index contributed by atoms with van der Waals surface area (Å²) in [7, 11) is 0. The highest BCUT2D eigenvalue weighted by atomic mass is 32.2. The van der Waals surface area contributed by atoms with Crippen molar-refractivity contribution in [2.45, 2.75) is 6.92 Å². The van der Waals surface area contributed by atoms with Gasteiger partial charge in [-0.15, -0.1) is 0 Å². The van der Waals surface area contributed by atoms with Crippen LogP contribution in [0.25, 0.3) is 0 Å². The van der Waals surface area contributed by atoms with Crippen molar-refractivity contribution >= 4 is 17.5 Å². The van der Waals surface area contributed by atoms with Crippen molar-refractivity contribution in [3.05, 3.63) is 29.8 Å². The molecule has 0 saturated heterocycles. The molecule has 0 unspecified atom stereocenters. The highest BCUT2D eigenvalue weighted by Crippen LogP contribution is 2.13. The number of rotatable bonds is 5. The van der Waals surface area contributed by atoms with Gasteiger partial charge >= 0.3 is 0 Å². The molecule has 0 saturated carbocycles. The average Bonchev–Trinajstić information content (AvgIpc) is 2.29. The van der Waals surface area contributed by atoms with Crippen LogP contribution in [0, 0.1) is 0 Å². The SMILES string of the molecule is CSCCOc1ccc(/C(C)=N/O)cc1. The highest BCUT2D eigenvalue weighted by Gasteiger charge is 1.98. The van der Waals surface area contributed by atoms with E-state index in [1.165, 1.54) is 0 Å². The summed E-state index contributed by atoms with van der Waals surface area (Å²) in [4.78, 5) is 0. The first kappa shape index (κ1) is 11.9. The van der Waals surface area contributed by atoms with Crippen LogP contribution in [-0.4, -0.2) is 29.5 Å². The Labute approximate surface area is 94.1 Å². The van der Waals surface area contributed by atoms with Gasteiger partial charge in [-0.2, -0.15) is 11.8 Å². The number of ether oxygens (including phenoxy) is 1. The average molecular weight is 225 g/mol. The van der Waals surface area contributed by atoms with Crippen molar-refractivity contribution in [1.82, 2.24) is 0 Å². The van der Waals surface area contributed by atoms with Crippen molar-refractivity contribution in [2.24, 2.45) is 5.16 Å². The smallest absolute Gasteiger partial charge is 0.119 e. The molecular weight excluding hydrogens is 210 g/mol. The fraction of sp³-hybridized carbons (Fsp3) is 0.364. The lowest BCUT2D eigenvalue weighted by Crippen LogP contribution is -2.00. The van der Waals surface area contributed by atoms with Crippen molar-refractivity contribution < 1.29 is 9.94 Å². The first-order valence-corrected chi connectivity index (χ1v) is 6.08. The lowest BCUT2D eigenvalue weighted by Gasteiger charge is -2.05. The molecule has 0 radical (unpaired) electrons. The van der Waals surface area contributed by atoms with Gasteiger partial charge in [0.25, 0.3) is 0 Å². The molecule has 0 fully saturated rings. The largest absolute Gasteiger partial charge is 0.493 e. The molecule has 0 atom stereocenters. The van der Waals surface area contributed by atoms with Gasteiger partial charge < -0.3 is 9.94 Å². The van der Waals surface area contributed by atoms with Gasteiger partial charge in [-0.05, 0) is 43.0 Å². The Hall–Kier alpha value is -1.16. The van der Waals surface area contributed by atoms with Crippen LogP contribution in [0.1, 0.15) is 12.5 Å². The summed E-state index contributed by atoms with van der Waals surface area (Å²) in [5.41, 5.74) is 1.50. The number of oxime groups is 1. The van der Waals surface area contributed by atoms with Crippen molar-refractivity contribution in [3.8, 4) is 5.75 Å². The molecule has 0 aliphatic carbocycles. The summed E-state index contributed by atoms with van der Waals surface area (Å²) in [6, 6.07) is 7.52. The molecule has 1 rings (SSSR count). The van der Waals surface area contributed by atoms with Gasteiger partial charge in [-0.3, -0.25) is 0 Å². The molecule has 0 aliphatic rings. The summed E-state index contributed by atoms with van der Waals surface area (Å²) >= 11 is 1.76. The van der Waals surface area contributed by atoms with Gasteiger partial charge in [0.2, 0.25) is 0 Å². The van der Waals surface area contributed by atoms with Crippen LogP contribution in [0.4, 0.5) is 0 Å². The zero-order chi connectivity index (χ0) is 11.1. The Morgan fingerprint density at radius 3 is 2.60 bits per heavy atom. The summed E-state index contributed by atoms with van der Waals surface area (Å²) < 4.78 is 5.49. The molecule has 0 amide bonds. The minimum Gasteiger partial charge on any atom is -0.493 e. The first-order valence-electron chi connectivity index (χ1n) is 4.68. The maximum Gasteiger partial charge on any atom is 0.119 e. The standard InChI is InChI=1S/C11H15NO2S/c1-9(12-13)10-3-5-11(6-4-10)14-7-8-15-2/h3-6,13H,7-8H2,1-2H3/b12-9+. The van der Waals surface area contributed by atoms with Crippen LogP contribution in [0.15, 0.2) is 29.4 Å². The van der Waals surface area contributed by atoms with E-state index in [0.717, 1.165) is 17.1 Å². The summed E-state index contributed by atoms with van der Waals surface area (Å²) in [5, 5.41) is 11.7. The molecule has 1 N–H and O–H groups in total. The van der Waals surface area contributed by atoms with E-state index >= 15 is 0 Å². The topological polar surface area (TPSA) is 41.8 Å². The zero-order valence-corrected chi connectivity index (χ0v) is 9.75. The van der Waals surface area contributed by atoms with Gasteiger partial charge in [0.15, 0.2) is 0 Å². The summed E-state index contributed by atoms with van der Waals surface area (Å²) in [6.07, 6.45) is 2.05. The third-order valence-electron chi connectivity index (χ3n) is 1.98. The number of benzene rings is 1. The van der Waals surface area contributed by atoms with Crippen molar-refractivity contribution in [1.29, 1.82) is 0 Å². The van der Waals surface area contributed by atoms with E-state index in [1.54, 1.807) is 18.7 Å². The number of nitrogens with zero attached hydrogens (tertiary/aromatic N) is 1. The summed E-state index contributed by atoms with van der Waals surface area (Å²) in [5.74, 6) is 1.83. The van der Waals surface area contributed by atoms with Gasteiger partial charge in [0, 0.05) is 5.75 Å². The molecule has 0 aromatic heterocycles. The molecule has 82 valence electrons. The third-order valence-corrected chi connectivity index (χ3v) is 2.55. The monoisotopic (exact) mass is 225 g/mol. The predicted octanol–water partition coefficient (Wildman–Crippen LogP) is 2.63. The van der Waals surface area contributed by atoms with E-state index in [-0.39, 0.29) is 0 Å². The van der Waals surface area contributed by atoms with Crippen LogP contribution >= 0.6 is 11.8 Å². The van der Waals surface area contributed by atoms with E-state index in [2.05, 4.69) is 5.16 Å². The lowest BCUT2D eigenvalue weighted by atomic mass is 10.1. The quantitative estimate of drug-likeness (QED) is 0.362. The number of hydrogen-bond donors (Lipinski definition) is 1. The summed E-state index contributed by atoms with van der Waals surface area (Å²) in [6.45, 7) is 2.47. The van der Waals surface area contributed by atoms with Gasteiger partial charge in [-0.1, -0.05) is 5.16 Å². The molecule has 0 heterocycles. The Morgan fingerprint density at radius 1 is 1.40 bits per heavy atom. The van der Waals surface area contributed by atoms with E-state index in [4.69, 9.17) is 9.94 Å². The Morgan fingerprint density at radius 2 is 2.07 bits per heavy atom. The second-order valence-electron chi connectivity index (χ2n) is 3.05. The van der Waals surface area contributed by atoms with Crippen molar-refractivity contribution in [3.63, 3.8) is 0 Å². The van der Waals surface area contributed by atoms with Crippen molar-refractivity contribution in [2.75, 3.05) is 18.6 Å². The van der Waals surface area contributed by atoms with E-state index in [0.29, 0.717) is 12.3 Å². The normalized spacial score (nSPS) is 11.5. The number of thioether (sulfide) groups is 1. The van der Waals surface area contributed by atoms with Gasteiger partial charge in [-0.25, -0.2) is 0 Å². The fourth-order valence-corrected chi connectivity index (χ4v) is 1.34. The van der Waals surface area contributed by atoms with Crippen LogP contribution in [0.2, 0.25) is 0 Å². The molecule has 0 bridgehead atoms. The number of hydrogen-bond acceptors (Lipinski definition) is 4. The Balaban J connectivity index is 2.56. The maximum atomic E-state index is 8.58. The molecule has 15 heavy (non-hydrogen) atoms. The van der Waals surface area contributed by atoms with E-state index in [1.807, 2.05) is 30.5 Å². The minimum absolute atomic E-state index is 0.602. The molecule has 1 aromatic carbocycles. The highest BCUT2D eigenvalue weighted by molar-refractivity contribution is 7.98. The first-order chi connectivity index (χ1) is 7.27. The Bertz CT molecular complexity index is 322. The molecule has 4 heteroatoms. The minimum atomic E-state index is 0.602. The second kappa shape index (κ2) is 6.35. The molecular formula is C11H15NO2S. The van der Waals surface area contributed by atoms with Crippen LogP contribution in [-0.2, 0) is 0 Å². The van der Waals surface area contributed by atoms with E-state index < -0.39 is 0 Å². The Kier molecular flexibility index (Phi) is 5.04. The fourth-order valence-electron chi connectivity index (χ4n) is 1.09. The van der Waals surface area contributed by atoms with E-state index in [9.17, 15) is 0 Å². The third kappa shape index (κ3) is 3.83. The molecule has 0 spiro atoms. The van der Waals surface area contributed by atoms with Gasteiger partial charge in [0.1, 0.15) is 5.75 Å². The molecule has 0 aliphatic heterocycles. The predicted molar refractivity (Wildman–Crippen MR) is 64.3 cm³/mol. The maximum absolute atomic E-state index is 8.58. The molecule has 3 nitrogen and oxygen atoms in total. The van der Waals surface area contributed by atoms with Crippen LogP contribution < -0.4 is 4.74 Å². The lowest BCUT2D eigenvalue weighted by molar-refractivity contribution is 0.319. The van der Waals surface area contributed by atoms with Gasteiger partial charge in [0.05, 0.1) is 12.3 Å². The zero-order valence-electron chi connectivity index (χ0n) is 8.93. The molecule has 1 aromatic rings. The van der Waals surface area contributed by atoms with Crippen LogP contribution in [0.3, 0.4) is 0 Å². The second-order valence-corrected chi connectivity index (χ2v) is 4.04.